The first-order chi connectivity index (χ1) is 7.19. The molecule has 0 saturated heterocycles. The number of nitrogens with two attached hydrogens (primary N) is 1. The van der Waals surface area contributed by atoms with E-state index in [-0.39, 0.29) is 0 Å². The van der Waals surface area contributed by atoms with Crippen molar-refractivity contribution in [2.75, 3.05) is 12.3 Å². The fraction of sp³-hybridized carbons (Fsp3) is 0.538. The quantitative estimate of drug-likeness (QED) is 0.751. The summed E-state index contributed by atoms with van der Waals surface area (Å²) in [5.41, 5.74) is 7.66. The van der Waals surface area contributed by atoms with Gasteiger partial charge in [0, 0.05) is 11.3 Å². The molecule has 0 bridgehead atoms. The van der Waals surface area contributed by atoms with Gasteiger partial charge in [-0.05, 0) is 25.0 Å². The average molecular weight is 207 g/mol. The zero-order valence-corrected chi connectivity index (χ0v) is 9.92. The third-order valence-electron chi connectivity index (χ3n) is 2.96. The van der Waals surface area contributed by atoms with Gasteiger partial charge < -0.3 is 10.5 Å². The van der Waals surface area contributed by atoms with Crippen molar-refractivity contribution in [3.8, 4) is 5.75 Å². The van der Waals surface area contributed by atoms with Gasteiger partial charge in [0.2, 0.25) is 0 Å². The lowest BCUT2D eigenvalue weighted by molar-refractivity contribution is 0.239. The number of anilines is 1. The molecule has 0 atom stereocenters. The summed E-state index contributed by atoms with van der Waals surface area (Å²) >= 11 is 0. The normalized spacial score (nSPS) is 10.7. The summed E-state index contributed by atoms with van der Waals surface area (Å²) in [4.78, 5) is 0. The highest BCUT2D eigenvalue weighted by Gasteiger charge is 2.06. The second kappa shape index (κ2) is 5.64. The Kier molecular flexibility index (Phi) is 4.47. The van der Waals surface area contributed by atoms with Crippen molar-refractivity contribution in [3.63, 3.8) is 0 Å². The highest BCUT2D eigenvalue weighted by molar-refractivity contribution is 5.53. The molecule has 1 aromatic carbocycles. The Bertz CT molecular complexity index is 305. The summed E-state index contributed by atoms with van der Waals surface area (Å²) in [7, 11) is 0. The summed E-state index contributed by atoms with van der Waals surface area (Å²) in [5, 5.41) is 0. The second-order valence-corrected chi connectivity index (χ2v) is 3.96. The van der Waals surface area contributed by atoms with Crippen LogP contribution < -0.4 is 10.5 Å². The highest BCUT2D eigenvalue weighted by atomic mass is 16.5. The molecule has 0 radical (unpaired) electrons. The standard InChI is InChI=1S/C13H21NO/c1-4-11(5-2)9-15-13-8-6-7-12(14)10(13)3/h6-8,11H,4-5,9,14H2,1-3H3. The van der Waals surface area contributed by atoms with E-state index in [0.717, 1.165) is 36.4 Å². The summed E-state index contributed by atoms with van der Waals surface area (Å²) in [6, 6.07) is 5.82. The zero-order valence-electron chi connectivity index (χ0n) is 9.92. The molecule has 0 amide bonds. The van der Waals surface area contributed by atoms with Crippen molar-refractivity contribution in [3.05, 3.63) is 23.8 Å². The molecule has 15 heavy (non-hydrogen) atoms. The predicted molar refractivity (Wildman–Crippen MR) is 65.2 cm³/mol. The maximum atomic E-state index is 5.81. The van der Waals surface area contributed by atoms with Crippen LogP contribution in [0.5, 0.6) is 5.75 Å². The Balaban J connectivity index is 2.61. The maximum Gasteiger partial charge on any atom is 0.124 e. The van der Waals surface area contributed by atoms with Crippen LogP contribution >= 0.6 is 0 Å². The van der Waals surface area contributed by atoms with Gasteiger partial charge in [-0.1, -0.05) is 32.8 Å². The second-order valence-electron chi connectivity index (χ2n) is 3.96. The van der Waals surface area contributed by atoms with Crippen molar-refractivity contribution >= 4 is 5.69 Å². The van der Waals surface area contributed by atoms with Gasteiger partial charge in [-0.15, -0.1) is 0 Å². The molecule has 0 aliphatic rings. The van der Waals surface area contributed by atoms with Gasteiger partial charge in [0.05, 0.1) is 6.61 Å². The van der Waals surface area contributed by atoms with Gasteiger partial charge in [-0.2, -0.15) is 0 Å². The van der Waals surface area contributed by atoms with Gasteiger partial charge in [-0.25, -0.2) is 0 Å². The number of hydrogen-bond acceptors (Lipinski definition) is 2. The van der Waals surface area contributed by atoms with E-state index in [0.29, 0.717) is 5.92 Å². The van der Waals surface area contributed by atoms with Gasteiger partial charge >= 0.3 is 0 Å². The molecule has 2 heteroatoms. The Hall–Kier alpha value is -1.18. The van der Waals surface area contributed by atoms with E-state index in [1.807, 2.05) is 25.1 Å². The van der Waals surface area contributed by atoms with Crippen LogP contribution in [0.3, 0.4) is 0 Å². The molecule has 0 aromatic heterocycles. The molecule has 84 valence electrons. The molecule has 0 fully saturated rings. The number of ether oxygens (including phenoxy) is 1. The Morgan fingerprint density at radius 3 is 2.53 bits per heavy atom. The van der Waals surface area contributed by atoms with E-state index in [2.05, 4.69) is 13.8 Å². The molecular weight excluding hydrogens is 186 g/mol. The minimum atomic E-state index is 0.644. The molecule has 2 N–H and O–H groups in total. The first-order valence-electron chi connectivity index (χ1n) is 5.66. The van der Waals surface area contributed by atoms with E-state index in [1.165, 1.54) is 0 Å². The Labute approximate surface area is 92.4 Å². The van der Waals surface area contributed by atoms with Crippen LogP contribution in [-0.4, -0.2) is 6.61 Å². The van der Waals surface area contributed by atoms with E-state index < -0.39 is 0 Å². The number of rotatable bonds is 5. The van der Waals surface area contributed by atoms with Crippen LogP contribution in [0.1, 0.15) is 32.3 Å². The van der Waals surface area contributed by atoms with E-state index in [4.69, 9.17) is 10.5 Å². The van der Waals surface area contributed by atoms with Crippen LogP contribution in [-0.2, 0) is 0 Å². The van der Waals surface area contributed by atoms with Gasteiger partial charge in [-0.3, -0.25) is 0 Å². The summed E-state index contributed by atoms with van der Waals surface area (Å²) < 4.78 is 5.78. The van der Waals surface area contributed by atoms with Gasteiger partial charge in [0.25, 0.3) is 0 Å². The van der Waals surface area contributed by atoms with E-state index in [1.54, 1.807) is 0 Å². The van der Waals surface area contributed by atoms with Gasteiger partial charge in [0.15, 0.2) is 0 Å². The maximum absolute atomic E-state index is 5.81. The Morgan fingerprint density at radius 1 is 1.27 bits per heavy atom. The summed E-state index contributed by atoms with van der Waals surface area (Å²) in [5.74, 6) is 1.56. The van der Waals surface area contributed by atoms with Crippen molar-refractivity contribution in [1.29, 1.82) is 0 Å². The molecule has 0 heterocycles. The lowest BCUT2D eigenvalue weighted by atomic mass is 10.1. The minimum absolute atomic E-state index is 0.644. The van der Waals surface area contributed by atoms with Crippen LogP contribution in [0.4, 0.5) is 5.69 Å². The van der Waals surface area contributed by atoms with Crippen molar-refractivity contribution in [1.82, 2.24) is 0 Å². The molecule has 0 aliphatic carbocycles. The third-order valence-corrected chi connectivity index (χ3v) is 2.96. The van der Waals surface area contributed by atoms with Crippen LogP contribution in [0, 0.1) is 12.8 Å². The predicted octanol–water partition coefficient (Wildman–Crippen LogP) is 3.39. The van der Waals surface area contributed by atoms with Crippen LogP contribution in [0.15, 0.2) is 18.2 Å². The molecule has 1 aromatic rings. The molecule has 0 unspecified atom stereocenters. The zero-order chi connectivity index (χ0) is 11.3. The summed E-state index contributed by atoms with van der Waals surface area (Å²) in [6.45, 7) is 7.18. The average Bonchev–Trinajstić information content (AvgIpc) is 2.25. The first-order valence-corrected chi connectivity index (χ1v) is 5.66. The number of benzene rings is 1. The third kappa shape index (κ3) is 3.15. The first kappa shape index (κ1) is 11.9. The molecular formula is C13H21NO. The number of hydrogen-bond donors (Lipinski definition) is 1. The topological polar surface area (TPSA) is 35.2 Å². The summed E-state index contributed by atoms with van der Waals surface area (Å²) in [6.07, 6.45) is 2.33. The van der Waals surface area contributed by atoms with E-state index in [9.17, 15) is 0 Å². The smallest absolute Gasteiger partial charge is 0.124 e. The number of nitrogen functional groups attached to an aromatic ring is 1. The fourth-order valence-corrected chi connectivity index (χ4v) is 1.52. The van der Waals surface area contributed by atoms with Gasteiger partial charge in [0.1, 0.15) is 5.75 Å². The largest absolute Gasteiger partial charge is 0.493 e. The lowest BCUT2D eigenvalue weighted by Gasteiger charge is -2.15. The molecule has 1 rings (SSSR count). The molecule has 0 spiro atoms. The Morgan fingerprint density at radius 2 is 1.93 bits per heavy atom. The van der Waals surface area contributed by atoms with Crippen LogP contribution in [0.2, 0.25) is 0 Å². The van der Waals surface area contributed by atoms with Crippen molar-refractivity contribution in [2.45, 2.75) is 33.6 Å². The van der Waals surface area contributed by atoms with Crippen molar-refractivity contribution in [2.24, 2.45) is 5.92 Å². The highest BCUT2D eigenvalue weighted by Crippen LogP contribution is 2.23. The van der Waals surface area contributed by atoms with Crippen molar-refractivity contribution < 1.29 is 4.74 Å². The minimum Gasteiger partial charge on any atom is -0.493 e. The molecule has 2 nitrogen and oxygen atoms in total. The van der Waals surface area contributed by atoms with Crippen LogP contribution in [0.25, 0.3) is 0 Å². The monoisotopic (exact) mass is 207 g/mol. The lowest BCUT2D eigenvalue weighted by Crippen LogP contribution is -2.10. The molecule has 0 aliphatic heterocycles. The molecule has 0 saturated carbocycles. The SMILES string of the molecule is CCC(CC)COc1cccc(N)c1C. The van der Waals surface area contributed by atoms with E-state index >= 15 is 0 Å². The fourth-order valence-electron chi connectivity index (χ4n) is 1.52.